The molecule has 1 aromatic heterocycles. The van der Waals surface area contributed by atoms with Gasteiger partial charge in [-0.2, -0.15) is 0 Å². The van der Waals surface area contributed by atoms with Crippen molar-refractivity contribution in [2.24, 2.45) is 0 Å². The Labute approximate surface area is 144 Å². The number of hydrogen-bond donors (Lipinski definition) is 1. The first-order chi connectivity index (χ1) is 11.1. The monoisotopic (exact) mass is 370 g/mol. The van der Waals surface area contributed by atoms with Crippen molar-refractivity contribution in [3.8, 4) is 5.75 Å². The second-order valence-electron chi connectivity index (χ2n) is 5.53. The minimum atomic E-state index is 0.650. The maximum absolute atomic E-state index is 5.62. The zero-order chi connectivity index (χ0) is 16.4. The van der Waals surface area contributed by atoms with Crippen LogP contribution in [-0.4, -0.2) is 11.6 Å². The fourth-order valence-corrected chi connectivity index (χ4v) is 3.16. The summed E-state index contributed by atoms with van der Waals surface area (Å²) in [5.41, 5.74) is 5.21. The van der Waals surface area contributed by atoms with E-state index in [2.05, 4.69) is 57.4 Å². The fraction of sp³-hybridized carbons (Fsp3) is 0.211. The molecular formula is C19H19BrN2O. The first kappa shape index (κ1) is 15.8. The Kier molecular flexibility index (Phi) is 4.53. The van der Waals surface area contributed by atoms with Crippen LogP contribution in [0, 0.1) is 13.8 Å². The SMILES string of the molecule is CCOc1ccc2nc(C)cc(Nc3ccc(C)cc3Br)c2c1. The Hall–Kier alpha value is -2.07. The van der Waals surface area contributed by atoms with E-state index < -0.39 is 0 Å². The average Bonchev–Trinajstić information content (AvgIpc) is 2.51. The van der Waals surface area contributed by atoms with E-state index in [0.29, 0.717) is 6.61 Å². The first-order valence-corrected chi connectivity index (χ1v) is 8.43. The fourth-order valence-electron chi connectivity index (χ4n) is 2.56. The van der Waals surface area contributed by atoms with Gasteiger partial charge in [-0.25, -0.2) is 0 Å². The van der Waals surface area contributed by atoms with E-state index >= 15 is 0 Å². The summed E-state index contributed by atoms with van der Waals surface area (Å²) >= 11 is 3.62. The molecule has 2 aromatic carbocycles. The Morgan fingerprint density at radius 3 is 2.61 bits per heavy atom. The van der Waals surface area contributed by atoms with Crippen molar-refractivity contribution < 1.29 is 4.74 Å². The molecule has 0 spiro atoms. The summed E-state index contributed by atoms with van der Waals surface area (Å²) in [6.07, 6.45) is 0. The quantitative estimate of drug-likeness (QED) is 0.634. The Morgan fingerprint density at radius 2 is 1.87 bits per heavy atom. The van der Waals surface area contributed by atoms with E-state index in [1.165, 1.54) is 5.56 Å². The topological polar surface area (TPSA) is 34.1 Å². The molecule has 0 saturated carbocycles. The van der Waals surface area contributed by atoms with Gasteiger partial charge in [-0.1, -0.05) is 6.07 Å². The predicted molar refractivity (Wildman–Crippen MR) is 99.8 cm³/mol. The number of benzene rings is 2. The highest BCUT2D eigenvalue weighted by Crippen LogP contribution is 2.32. The lowest BCUT2D eigenvalue weighted by Crippen LogP contribution is -1.97. The minimum absolute atomic E-state index is 0.650. The summed E-state index contributed by atoms with van der Waals surface area (Å²) in [6.45, 7) is 6.72. The molecule has 0 saturated heterocycles. The summed E-state index contributed by atoms with van der Waals surface area (Å²) < 4.78 is 6.67. The summed E-state index contributed by atoms with van der Waals surface area (Å²) in [5, 5.41) is 4.56. The number of nitrogens with zero attached hydrogens (tertiary/aromatic N) is 1. The highest BCUT2D eigenvalue weighted by Gasteiger charge is 2.08. The molecule has 0 radical (unpaired) electrons. The maximum atomic E-state index is 5.62. The number of aromatic nitrogens is 1. The summed E-state index contributed by atoms with van der Waals surface area (Å²) in [4.78, 5) is 4.61. The van der Waals surface area contributed by atoms with E-state index in [9.17, 15) is 0 Å². The third-order valence-corrected chi connectivity index (χ3v) is 4.27. The first-order valence-electron chi connectivity index (χ1n) is 7.64. The van der Waals surface area contributed by atoms with E-state index in [1.807, 2.05) is 32.0 Å². The summed E-state index contributed by atoms with van der Waals surface area (Å²) in [7, 11) is 0. The van der Waals surface area contributed by atoms with Gasteiger partial charge in [0.2, 0.25) is 0 Å². The van der Waals surface area contributed by atoms with Crippen molar-refractivity contribution in [1.29, 1.82) is 0 Å². The predicted octanol–water partition coefficient (Wildman–Crippen LogP) is 5.76. The van der Waals surface area contributed by atoms with Gasteiger partial charge in [0.05, 0.1) is 17.8 Å². The number of hydrogen-bond acceptors (Lipinski definition) is 3. The maximum Gasteiger partial charge on any atom is 0.120 e. The zero-order valence-corrected chi connectivity index (χ0v) is 15.1. The molecule has 118 valence electrons. The highest BCUT2D eigenvalue weighted by atomic mass is 79.9. The zero-order valence-electron chi connectivity index (χ0n) is 13.5. The van der Waals surface area contributed by atoms with Crippen LogP contribution in [0.2, 0.25) is 0 Å². The Bertz CT molecular complexity index is 861. The van der Waals surface area contributed by atoms with Crippen molar-refractivity contribution in [2.45, 2.75) is 20.8 Å². The number of aryl methyl sites for hydroxylation is 2. The number of pyridine rings is 1. The lowest BCUT2D eigenvalue weighted by molar-refractivity contribution is 0.340. The minimum Gasteiger partial charge on any atom is -0.494 e. The van der Waals surface area contributed by atoms with Gasteiger partial charge in [0, 0.05) is 21.2 Å². The van der Waals surface area contributed by atoms with Crippen molar-refractivity contribution in [3.05, 3.63) is 58.2 Å². The van der Waals surface area contributed by atoms with Gasteiger partial charge >= 0.3 is 0 Å². The van der Waals surface area contributed by atoms with Gasteiger partial charge in [0.1, 0.15) is 5.75 Å². The van der Waals surface area contributed by atoms with Crippen LogP contribution in [0.25, 0.3) is 10.9 Å². The molecule has 4 heteroatoms. The van der Waals surface area contributed by atoms with Crippen LogP contribution in [0.3, 0.4) is 0 Å². The summed E-state index contributed by atoms with van der Waals surface area (Å²) in [5.74, 6) is 0.858. The van der Waals surface area contributed by atoms with Crippen LogP contribution in [0.5, 0.6) is 5.75 Å². The number of ether oxygens (including phenoxy) is 1. The van der Waals surface area contributed by atoms with Crippen LogP contribution in [0.1, 0.15) is 18.2 Å². The lowest BCUT2D eigenvalue weighted by Gasteiger charge is -2.14. The third kappa shape index (κ3) is 3.48. The van der Waals surface area contributed by atoms with E-state index in [0.717, 1.165) is 38.2 Å². The molecule has 0 fully saturated rings. The van der Waals surface area contributed by atoms with Crippen LogP contribution in [-0.2, 0) is 0 Å². The van der Waals surface area contributed by atoms with Crippen LogP contribution < -0.4 is 10.1 Å². The van der Waals surface area contributed by atoms with Crippen molar-refractivity contribution in [2.75, 3.05) is 11.9 Å². The number of anilines is 2. The number of halogens is 1. The van der Waals surface area contributed by atoms with Crippen LogP contribution in [0.4, 0.5) is 11.4 Å². The Balaban J connectivity index is 2.09. The van der Waals surface area contributed by atoms with Crippen molar-refractivity contribution in [1.82, 2.24) is 4.98 Å². The molecule has 0 aliphatic heterocycles. The Morgan fingerprint density at radius 1 is 1.04 bits per heavy atom. The normalized spacial score (nSPS) is 10.8. The van der Waals surface area contributed by atoms with E-state index in [4.69, 9.17) is 4.74 Å². The van der Waals surface area contributed by atoms with Gasteiger partial charge in [-0.05, 0) is 78.7 Å². The van der Waals surface area contributed by atoms with Crippen molar-refractivity contribution in [3.63, 3.8) is 0 Å². The molecule has 0 aliphatic carbocycles. The smallest absolute Gasteiger partial charge is 0.120 e. The van der Waals surface area contributed by atoms with E-state index in [-0.39, 0.29) is 0 Å². The highest BCUT2D eigenvalue weighted by molar-refractivity contribution is 9.10. The molecule has 3 aromatic rings. The van der Waals surface area contributed by atoms with Gasteiger partial charge in [0.15, 0.2) is 0 Å². The summed E-state index contributed by atoms with van der Waals surface area (Å²) in [6, 6.07) is 14.3. The molecular weight excluding hydrogens is 352 g/mol. The average molecular weight is 371 g/mol. The largest absolute Gasteiger partial charge is 0.494 e. The molecule has 1 heterocycles. The molecule has 0 aliphatic rings. The molecule has 1 N–H and O–H groups in total. The molecule has 23 heavy (non-hydrogen) atoms. The van der Waals surface area contributed by atoms with Gasteiger partial charge in [-0.15, -0.1) is 0 Å². The van der Waals surface area contributed by atoms with Gasteiger partial charge < -0.3 is 10.1 Å². The van der Waals surface area contributed by atoms with Gasteiger partial charge in [0.25, 0.3) is 0 Å². The molecule has 3 rings (SSSR count). The second-order valence-corrected chi connectivity index (χ2v) is 6.39. The standard InChI is InChI=1S/C19H19BrN2O/c1-4-23-14-6-8-17-15(11-14)19(10-13(3)21-17)22-18-7-5-12(2)9-16(18)20/h5-11H,4H2,1-3H3,(H,21,22). The second kappa shape index (κ2) is 6.59. The molecule has 0 amide bonds. The number of fused-ring (bicyclic) bond motifs is 1. The van der Waals surface area contributed by atoms with Crippen LogP contribution >= 0.6 is 15.9 Å². The number of nitrogens with one attached hydrogen (secondary N) is 1. The molecule has 3 nitrogen and oxygen atoms in total. The molecule has 0 unspecified atom stereocenters. The third-order valence-electron chi connectivity index (χ3n) is 3.61. The van der Waals surface area contributed by atoms with Crippen molar-refractivity contribution >= 4 is 38.2 Å². The molecule has 0 atom stereocenters. The number of rotatable bonds is 4. The lowest BCUT2D eigenvalue weighted by atomic mass is 10.1. The van der Waals surface area contributed by atoms with Gasteiger partial charge in [-0.3, -0.25) is 4.98 Å². The van der Waals surface area contributed by atoms with E-state index in [1.54, 1.807) is 0 Å². The van der Waals surface area contributed by atoms with Crippen LogP contribution in [0.15, 0.2) is 46.9 Å². The molecule has 0 bridgehead atoms.